The minimum Gasteiger partial charge on any atom is -0.489 e. The zero-order valence-corrected chi connectivity index (χ0v) is 12.2. The van der Waals surface area contributed by atoms with Gasteiger partial charge in [-0.3, -0.25) is 0 Å². The van der Waals surface area contributed by atoms with E-state index < -0.39 is 0 Å². The first kappa shape index (κ1) is 14.0. The van der Waals surface area contributed by atoms with E-state index in [1.807, 2.05) is 18.2 Å². The molecule has 1 heterocycles. The van der Waals surface area contributed by atoms with Crippen molar-refractivity contribution in [3.05, 3.63) is 18.2 Å². The van der Waals surface area contributed by atoms with E-state index in [1.165, 1.54) is 0 Å². The van der Waals surface area contributed by atoms with Crippen LogP contribution in [0.5, 0.6) is 17.2 Å². The molecule has 1 N–H and O–H groups in total. The Morgan fingerprint density at radius 2 is 2.00 bits per heavy atom. The number of rotatable bonds is 5. The van der Waals surface area contributed by atoms with Crippen molar-refractivity contribution in [3.8, 4) is 17.2 Å². The van der Waals surface area contributed by atoms with Crippen molar-refractivity contribution in [1.82, 2.24) is 5.32 Å². The van der Waals surface area contributed by atoms with Crippen LogP contribution in [-0.4, -0.2) is 25.0 Å². The second-order valence-electron chi connectivity index (χ2n) is 5.79. The van der Waals surface area contributed by atoms with E-state index in [1.54, 1.807) is 0 Å². The molecule has 1 aromatic rings. The van der Waals surface area contributed by atoms with Crippen LogP contribution in [0, 0.1) is 0 Å². The lowest BCUT2D eigenvalue weighted by Crippen LogP contribution is -2.42. The van der Waals surface area contributed by atoms with E-state index in [4.69, 9.17) is 14.2 Å². The fourth-order valence-electron chi connectivity index (χ4n) is 1.83. The Hall–Kier alpha value is -1.42. The van der Waals surface area contributed by atoms with Gasteiger partial charge in [0, 0.05) is 18.2 Å². The van der Waals surface area contributed by atoms with Crippen LogP contribution < -0.4 is 19.5 Å². The van der Waals surface area contributed by atoms with Gasteiger partial charge < -0.3 is 19.5 Å². The fourth-order valence-corrected chi connectivity index (χ4v) is 1.83. The normalized spacial score (nSPS) is 15.4. The van der Waals surface area contributed by atoms with E-state index in [-0.39, 0.29) is 11.6 Å². The average molecular weight is 265 g/mol. The molecule has 19 heavy (non-hydrogen) atoms. The van der Waals surface area contributed by atoms with Crippen molar-refractivity contribution in [2.45, 2.75) is 45.8 Å². The van der Waals surface area contributed by atoms with Gasteiger partial charge in [-0.1, -0.05) is 6.92 Å². The molecular weight excluding hydrogens is 242 g/mol. The molecule has 2 rings (SSSR count). The SMILES string of the molecule is CCC(CNC(C)(C)C)Oc1ccc2c(c1)OCO2. The number of nitrogens with one attached hydrogen (secondary N) is 1. The maximum Gasteiger partial charge on any atom is 0.231 e. The number of benzene rings is 1. The maximum atomic E-state index is 5.99. The molecular formula is C15H23NO3. The lowest BCUT2D eigenvalue weighted by atomic mass is 10.1. The van der Waals surface area contributed by atoms with Crippen molar-refractivity contribution in [1.29, 1.82) is 0 Å². The molecule has 0 saturated carbocycles. The molecule has 0 aliphatic carbocycles. The summed E-state index contributed by atoms with van der Waals surface area (Å²) in [6, 6.07) is 5.71. The molecule has 0 radical (unpaired) electrons. The molecule has 1 aliphatic rings. The van der Waals surface area contributed by atoms with Crippen LogP contribution in [0.15, 0.2) is 18.2 Å². The highest BCUT2D eigenvalue weighted by atomic mass is 16.7. The molecule has 1 aliphatic heterocycles. The van der Waals surface area contributed by atoms with Gasteiger partial charge in [0.05, 0.1) is 0 Å². The van der Waals surface area contributed by atoms with Gasteiger partial charge in [0.25, 0.3) is 0 Å². The largest absolute Gasteiger partial charge is 0.489 e. The Morgan fingerprint density at radius 3 is 2.68 bits per heavy atom. The fraction of sp³-hybridized carbons (Fsp3) is 0.600. The van der Waals surface area contributed by atoms with Crippen molar-refractivity contribution >= 4 is 0 Å². The highest BCUT2D eigenvalue weighted by Crippen LogP contribution is 2.35. The van der Waals surface area contributed by atoms with E-state index in [2.05, 4.69) is 33.0 Å². The molecule has 0 amide bonds. The van der Waals surface area contributed by atoms with Crippen molar-refractivity contribution in [3.63, 3.8) is 0 Å². The Morgan fingerprint density at radius 1 is 1.26 bits per heavy atom. The summed E-state index contributed by atoms with van der Waals surface area (Å²) in [5, 5.41) is 3.46. The monoisotopic (exact) mass is 265 g/mol. The first-order valence-electron chi connectivity index (χ1n) is 6.79. The van der Waals surface area contributed by atoms with Gasteiger partial charge in [-0.2, -0.15) is 0 Å². The highest BCUT2D eigenvalue weighted by molar-refractivity contribution is 5.46. The lowest BCUT2D eigenvalue weighted by Gasteiger charge is -2.25. The van der Waals surface area contributed by atoms with Crippen molar-refractivity contribution in [2.24, 2.45) is 0 Å². The molecule has 0 fully saturated rings. The minimum atomic E-state index is 0.103. The topological polar surface area (TPSA) is 39.7 Å². The van der Waals surface area contributed by atoms with Crippen molar-refractivity contribution in [2.75, 3.05) is 13.3 Å². The van der Waals surface area contributed by atoms with Gasteiger partial charge in [-0.05, 0) is 39.3 Å². The first-order chi connectivity index (χ1) is 8.98. The number of fused-ring (bicyclic) bond motifs is 1. The number of hydrogen-bond donors (Lipinski definition) is 1. The summed E-state index contributed by atoms with van der Waals surface area (Å²) >= 11 is 0. The van der Waals surface area contributed by atoms with Gasteiger partial charge in [-0.25, -0.2) is 0 Å². The molecule has 0 spiro atoms. The molecule has 106 valence electrons. The summed E-state index contributed by atoms with van der Waals surface area (Å²) in [6.07, 6.45) is 1.11. The van der Waals surface area contributed by atoms with Crippen LogP contribution >= 0.6 is 0 Å². The third-order valence-electron chi connectivity index (χ3n) is 2.96. The second-order valence-corrected chi connectivity index (χ2v) is 5.79. The third kappa shape index (κ3) is 4.03. The van der Waals surface area contributed by atoms with Gasteiger partial charge in [0.15, 0.2) is 11.5 Å². The Balaban J connectivity index is 1.94. The molecule has 1 atom stereocenters. The standard InChI is InChI=1S/C15H23NO3/c1-5-11(9-16-15(2,3)4)19-12-6-7-13-14(8-12)18-10-17-13/h6-8,11,16H,5,9-10H2,1-4H3. The molecule has 0 bridgehead atoms. The molecule has 0 aromatic heterocycles. The van der Waals surface area contributed by atoms with Crippen LogP contribution in [0.2, 0.25) is 0 Å². The lowest BCUT2D eigenvalue weighted by molar-refractivity contribution is 0.172. The maximum absolute atomic E-state index is 5.99. The molecule has 4 nitrogen and oxygen atoms in total. The summed E-state index contributed by atoms with van der Waals surface area (Å²) in [5.41, 5.74) is 0.103. The number of ether oxygens (including phenoxy) is 3. The van der Waals surface area contributed by atoms with E-state index >= 15 is 0 Å². The number of hydrogen-bond acceptors (Lipinski definition) is 4. The predicted molar refractivity (Wildman–Crippen MR) is 75.0 cm³/mol. The summed E-state index contributed by atoms with van der Waals surface area (Å²) < 4.78 is 16.6. The van der Waals surface area contributed by atoms with Crippen LogP contribution in [-0.2, 0) is 0 Å². The zero-order chi connectivity index (χ0) is 13.9. The van der Waals surface area contributed by atoms with E-state index in [0.29, 0.717) is 6.79 Å². The van der Waals surface area contributed by atoms with E-state index in [0.717, 1.165) is 30.2 Å². The van der Waals surface area contributed by atoms with Crippen LogP contribution in [0.25, 0.3) is 0 Å². The van der Waals surface area contributed by atoms with Crippen LogP contribution in [0.4, 0.5) is 0 Å². The molecule has 0 saturated heterocycles. The van der Waals surface area contributed by atoms with Crippen LogP contribution in [0.1, 0.15) is 34.1 Å². The predicted octanol–water partition coefficient (Wildman–Crippen LogP) is 2.96. The summed E-state index contributed by atoms with van der Waals surface area (Å²) in [5.74, 6) is 2.37. The summed E-state index contributed by atoms with van der Waals surface area (Å²) in [7, 11) is 0. The average Bonchev–Trinajstić information content (AvgIpc) is 2.80. The zero-order valence-electron chi connectivity index (χ0n) is 12.2. The molecule has 1 unspecified atom stereocenters. The third-order valence-corrected chi connectivity index (χ3v) is 2.96. The van der Waals surface area contributed by atoms with Crippen LogP contribution in [0.3, 0.4) is 0 Å². The first-order valence-corrected chi connectivity index (χ1v) is 6.79. The smallest absolute Gasteiger partial charge is 0.231 e. The van der Waals surface area contributed by atoms with Gasteiger partial charge in [0.1, 0.15) is 11.9 Å². The summed E-state index contributed by atoms with van der Waals surface area (Å²) in [6.45, 7) is 9.71. The Kier molecular flexibility index (Phi) is 4.20. The quantitative estimate of drug-likeness (QED) is 0.888. The van der Waals surface area contributed by atoms with E-state index in [9.17, 15) is 0 Å². The van der Waals surface area contributed by atoms with Gasteiger partial charge >= 0.3 is 0 Å². The Labute approximate surface area is 115 Å². The molecule has 4 heteroatoms. The van der Waals surface area contributed by atoms with Gasteiger partial charge in [0.2, 0.25) is 6.79 Å². The van der Waals surface area contributed by atoms with Crippen molar-refractivity contribution < 1.29 is 14.2 Å². The Bertz CT molecular complexity index is 426. The highest BCUT2D eigenvalue weighted by Gasteiger charge is 2.17. The molecule has 1 aromatic carbocycles. The van der Waals surface area contributed by atoms with Gasteiger partial charge in [-0.15, -0.1) is 0 Å². The second kappa shape index (κ2) is 5.70. The summed E-state index contributed by atoms with van der Waals surface area (Å²) in [4.78, 5) is 0. The minimum absolute atomic E-state index is 0.103.